The van der Waals surface area contributed by atoms with Gasteiger partial charge in [0, 0.05) is 12.1 Å². The summed E-state index contributed by atoms with van der Waals surface area (Å²) < 4.78 is 23.8. The van der Waals surface area contributed by atoms with E-state index < -0.39 is 11.8 Å². The predicted octanol–water partition coefficient (Wildman–Crippen LogP) is 3.27. The van der Waals surface area contributed by atoms with Crippen molar-refractivity contribution in [2.45, 2.75) is 0 Å². The fraction of sp³-hybridized carbons (Fsp3) is 0.188. The molecule has 0 aliphatic heterocycles. The summed E-state index contributed by atoms with van der Waals surface area (Å²) in [5.74, 6) is -0.622. The quantitative estimate of drug-likeness (QED) is 0.858. The van der Waals surface area contributed by atoms with Crippen molar-refractivity contribution >= 4 is 17.6 Å². The lowest BCUT2D eigenvalue weighted by molar-refractivity contribution is 0.0600. The molecule has 0 saturated heterocycles. The van der Waals surface area contributed by atoms with Crippen molar-refractivity contribution in [1.82, 2.24) is 0 Å². The fourth-order valence-electron chi connectivity index (χ4n) is 1.98. The van der Waals surface area contributed by atoms with Crippen molar-refractivity contribution in [3.05, 3.63) is 52.8 Å². The van der Waals surface area contributed by atoms with Gasteiger partial charge in [-0.05, 0) is 29.8 Å². The van der Waals surface area contributed by atoms with E-state index in [-0.39, 0.29) is 10.6 Å². The molecule has 0 bridgehead atoms. The first-order valence-corrected chi connectivity index (χ1v) is 6.95. The fourth-order valence-corrected chi connectivity index (χ4v) is 2.21. The van der Waals surface area contributed by atoms with Crippen LogP contribution in [0.25, 0.3) is 11.1 Å². The van der Waals surface area contributed by atoms with Gasteiger partial charge in [0.2, 0.25) is 0 Å². The molecule has 2 aromatic carbocycles. The Morgan fingerprint density at radius 2 is 2.09 bits per heavy atom. The monoisotopic (exact) mass is 323 g/mol. The highest BCUT2D eigenvalue weighted by atomic mass is 35.5. The molecule has 6 heteroatoms. The first kappa shape index (κ1) is 16.3. The number of rotatable bonds is 5. The molecule has 0 unspecified atom stereocenters. The zero-order valence-electron chi connectivity index (χ0n) is 11.9. The number of halogens is 2. The zero-order chi connectivity index (χ0) is 16.1. The molecule has 2 aromatic rings. The van der Waals surface area contributed by atoms with Crippen LogP contribution in [0.2, 0.25) is 5.02 Å². The lowest BCUT2D eigenvalue weighted by atomic mass is 10.0. The van der Waals surface area contributed by atoms with E-state index in [0.717, 1.165) is 0 Å². The van der Waals surface area contributed by atoms with Gasteiger partial charge in [0.15, 0.2) is 0 Å². The molecule has 0 spiro atoms. The number of ether oxygens (including phenoxy) is 2. The first-order valence-electron chi connectivity index (χ1n) is 6.57. The van der Waals surface area contributed by atoms with Gasteiger partial charge in [-0.1, -0.05) is 23.7 Å². The second-order valence-corrected chi connectivity index (χ2v) is 4.85. The summed E-state index contributed by atoms with van der Waals surface area (Å²) >= 11 is 6.00. The molecule has 0 aliphatic carbocycles. The van der Waals surface area contributed by atoms with E-state index in [0.29, 0.717) is 30.0 Å². The Hall–Kier alpha value is -2.11. The number of carbonyl (C=O) groups excluding carboxylic acids is 1. The van der Waals surface area contributed by atoms with Gasteiger partial charge >= 0.3 is 5.97 Å². The van der Waals surface area contributed by atoms with E-state index in [2.05, 4.69) is 0 Å². The van der Waals surface area contributed by atoms with Crippen LogP contribution < -0.4 is 10.5 Å². The molecule has 0 aliphatic rings. The SMILES string of the molecule is COC(=O)c1cc(OCCN)cc(-c2cccc(F)c2Cl)c1. The molecular formula is C16H15ClFNO3. The molecule has 116 valence electrons. The van der Waals surface area contributed by atoms with Gasteiger partial charge in [0.25, 0.3) is 0 Å². The van der Waals surface area contributed by atoms with Crippen molar-refractivity contribution in [3.8, 4) is 16.9 Å². The molecule has 0 amide bonds. The Labute approximate surface area is 132 Å². The van der Waals surface area contributed by atoms with Gasteiger partial charge in [-0.25, -0.2) is 9.18 Å². The molecule has 4 nitrogen and oxygen atoms in total. The zero-order valence-corrected chi connectivity index (χ0v) is 12.7. The third-order valence-electron chi connectivity index (χ3n) is 2.98. The smallest absolute Gasteiger partial charge is 0.338 e. The maximum absolute atomic E-state index is 13.6. The van der Waals surface area contributed by atoms with Crippen LogP contribution in [-0.4, -0.2) is 26.2 Å². The lowest BCUT2D eigenvalue weighted by Gasteiger charge is -2.11. The Morgan fingerprint density at radius 1 is 1.32 bits per heavy atom. The summed E-state index contributed by atoms with van der Waals surface area (Å²) in [6.45, 7) is 0.624. The number of carbonyl (C=O) groups is 1. The second kappa shape index (κ2) is 7.24. The minimum atomic E-state index is -0.535. The third kappa shape index (κ3) is 3.55. The van der Waals surface area contributed by atoms with Crippen LogP contribution in [0.4, 0.5) is 4.39 Å². The molecule has 0 heterocycles. The molecule has 0 atom stereocenters. The molecule has 2 N–H and O–H groups in total. The van der Waals surface area contributed by atoms with Crippen LogP contribution >= 0.6 is 11.6 Å². The minimum absolute atomic E-state index is 0.0192. The topological polar surface area (TPSA) is 61.5 Å². The largest absolute Gasteiger partial charge is 0.492 e. The van der Waals surface area contributed by atoms with Crippen molar-refractivity contribution in [3.63, 3.8) is 0 Å². The first-order chi connectivity index (χ1) is 10.6. The van der Waals surface area contributed by atoms with E-state index in [1.54, 1.807) is 24.3 Å². The van der Waals surface area contributed by atoms with Crippen molar-refractivity contribution in [2.24, 2.45) is 5.73 Å². The second-order valence-electron chi connectivity index (χ2n) is 4.48. The van der Waals surface area contributed by atoms with Crippen molar-refractivity contribution in [1.29, 1.82) is 0 Å². The Morgan fingerprint density at radius 3 is 2.77 bits per heavy atom. The van der Waals surface area contributed by atoms with E-state index in [9.17, 15) is 9.18 Å². The number of benzene rings is 2. The standard InChI is InChI=1S/C16H15ClFNO3/c1-21-16(20)11-7-10(8-12(9-11)22-6-5-19)13-3-2-4-14(18)15(13)17/h2-4,7-9H,5-6,19H2,1H3. The Kier molecular flexibility index (Phi) is 5.35. The van der Waals surface area contributed by atoms with Crippen LogP contribution in [0.15, 0.2) is 36.4 Å². The van der Waals surface area contributed by atoms with E-state index in [1.807, 2.05) is 0 Å². The van der Waals surface area contributed by atoms with E-state index in [4.69, 9.17) is 26.8 Å². The van der Waals surface area contributed by atoms with Crippen LogP contribution in [0.3, 0.4) is 0 Å². The van der Waals surface area contributed by atoms with Crippen molar-refractivity contribution < 1.29 is 18.7 Å². The molecule has 22 heavy (non-hydrogen) atoms. The number of hydrogen-bond donors (Lipinski definition) is 1. The highest BCUT2D eigenvalue weighted by Gasteiger charge is 2.14. The number of esters is 1. The number of hydrogen-bond acceptors (Lipinski definition) is 4. The minimum Gasteiger partial charge on any atom is -0.492 e. The lowest BCUT2D eigenvalue weighted by Crippen LogP contribution is -2.11. The van der Waals surface area contributed by atoms with Gasteiger partial charge in [-0.2, -0.15) is 0 Å². The molecule has 0 radical (unpaired) electrons. The highest BCUT2D eigenvalue weighted by Crippen LogP contribution is 2.33. The molecule has 2 rings (SSSR count). The van der Waals surface area contributed by atoms with Gasteiger partial charge in [0.05, 0.1) is 17.7 Å². The van der Waals surface area contributed by atoms with E-state index >= 15 is 0 Å². The predicted molar refractivity (Wildman–Crippen MR) is 82.7 cm³/mol. The Bertz CT molecular complexity index is 691. The van der Waals surface area contributed by atoms with Crippen molar-refractivity contribution in [2.75, 3.05) is 20.3 Å². The average Bonchev–Trinajstić information content (AvgIpc) is 2.54. The molecular weight excluding hydrogens is 309 g/mol. The third-order valence-corrected chi connectivity index (χ3v) is 3.36. The normalized spacial score (nSPS) is 10.4. The van der Waals surface area contributed by atoms with Crippen LogP contribution in [0, 0.1) is 5.82 Å². The van der Waals surface area contributed by atoms with Gasteiger partial charge in [-0.3, -0.25) is 0 Å². The number of methoxy groups -OCH3 is 1. The van der Waals surface area contributed by atoms with Gasteiger partial charge in [-0.15, -0.1) is 0 Å². The highest BCUT2D eigenvalue weighted by molar-refractivity contribution is 6.33. The van der Waals surface area contributed by atoms with Gasteiger partial charge < -0.3 is 15.2 Å². The summed E-state index contributed by atoms with van der Waals surface area (Å²) in [4.78, 5) is 11.8. The summed E-state index contributed by atoms with van der Waals surface area (Å²) in [5.41, 5.74) is 6.71. The van der Waals surface area contributed by atoms with Crippen LogP contribution in [0.5, 0.6) is 5.75 Å². The number of nitrogens with two attached hydrogens (primary N) is 1. The van der Waals surface area contributed by atoms with E-state index in [1.165, 1.54) is 19.2 Å². The van der Waals surface area contributed by atoms with Crippen LogP contribution in [0.1, 0.15) is 10.4 Å². The summed E-state index contributed by atoms with van der Waals surface area (Å²) in [5, 5.41) is -0.0192. The van der Waals surface area contributed by atoms with Gasteiger partial charge in [0.1, 0.15) is 18.2 Å². The maximum atomic E-state index is 13.6. The maximum Gasteiger partial charge on any atom is 0.338 e. The Balaban J connectivity index is 2.54. The summed E-state index contributed by atoms with van der Waals surface area (Å²) in [6.07, 6.45) is 0. The summed E-state index contributed by atoms with van der Waals surface area (Å²) in [6, 6.07) is 9.25. The molecule has 0 aromatic heterocycles. The summed E-state index contributed by atoms with van der Waals surface area (Å²) in [7, 11) is 1.28. The van der Waals surface area contributed by atoms with Crippen LogP contribution in [-0.2, 0) is 4.74 Å². The molecule has 0 fully saturated rings. The average molecular weight is 324 g/mol. The molecule has 0 saturated carbocycles.